The van der Waals surface area contributed by atoms with Crippen LogP contribution in [0, 0.1) is 0 Å². The largest absolute Gasteiger partial charge is 0.357 e. The van der Waals surface area contributed by atoms with Gasteiger partial charge < -0.3 is 16.4 Å². The summed E-state index contributed by atoms with van der Waals surface area (Å²) in [5.74, 6) is -0.783. The molecule has 0 saturated heterocycles. The van der Waals surface area contributed by atoms with Crippen LogP contribution < -0.4 is 22.1 Å². The maximum atomic E-state index is 12.4. The molecule has 0 radical (unpaired) electrons. The molecule has 0 bridgehead atoms. The minimum atomic E-state index is -0.762. The third kappa shape index (κ3) is 4.12. The second-order valence-electron chi connectivity index (χ2n) is 5.14. The summed E-state index contributed by atoms with van der Waals surface area (Å²) in [5.41, 5.74) is 4.85. The van der Waals surface area contributed by atoms with Crippen LogP contribution in [0.1, 0.15) is 23.3 Å². The number of carbonyl (C=O) groups excluding carboxylic acids is 2. The van der Waals surface area contributed by atoms with Crippen LogP contribution in [0.4, 0.5) is 0 Å². The zero-order valence-corrected chi connectivity index (χ0v) is 14.4. The molecule has 0 aliphatic heterocycles. The number of rotatable bonds is 8. The van der Waals surface area contributed by atoms with E-state index in [9.17, 15) is 14.4 Å². The third-order valence-corrected chi connectivity index (χ3v) is 3.66. The number of fused-ring (bicyclic) bond motifs is 1. The summed E-state index contributed by atoms with van der Waals surface area (Å²) in [6.45, 7) is 0.573. The van der Waals surface area contributed by atoms with Gasteiger partial charge in [-0.1, -0.05) is 5.21 Å². The summed E-state index contributed by atoms with van der Waals surface area (Å²) in [7, 11) is 1.47. The minimum Gasteiger partial charge on any atom is -0.357 e. The molecule has 2 aromatic heterocycles. The molecule has 2 rings (SSSR count). The van der Waals surface area contributed by atoms with Crippen LogP contribution >= 0.6 is 11.6 Å². The van der Waals surface area contributed by atoms with E-state index in [0.29, 0.717) is 19.4 Å². The number of nitrogens with two attached hydrogens (primary N) is 1. The standard InChI is InChI=1S/C13H19ClN8O3/c1-16-11(23)8(3-2-5-15)18-12(24)9-10-19-20-22(6-4-14)13(25)21(10)7-17-9/h7-8H,2-6,15H2,1H3,(H,16,23)(H,18,24)/t8-/m0/s1. The first-order valence-corrected chi connectivity index (χ1v) is 8.16. The van der Waals surface area contributed by atoms with E-state index in [0.717, 1.165) is 9.08 Å². The van der Waals surface area contributed by atoms with Gasteiger partial charge in [0.1, 0.15) is 12.4 Å². The molecule has 136 valence electrons. The van der Waals surface area contributed by atoms with Crippen LogP contribution in [0.25, 0.3) is 5.65 Å². The van der Waals surface area contributed by atoms with Crippen LogP contribution in [0.5, 0.6) is 0 Å². The highest BCUT2D eigenvalue weighted by atomic mass is 35.5. The number of aryl methyl sites for hydroxylation is 1. The zero-order valence-electron chi connectivity index (χ0n) is 13.6. The Balaban J connectivity index is 2.28. The molecular weight excluding hydrogens is 352 g/mol. The molecule has 12 heteroatoms. The quantitative estimate of drug-likeness (QED) is 0.460. The van der Waals surface area contributed by atoms with E-state index in [2.05, 4.69) is 25.9 Å². The molecule has 1 atom stereocenters. The highest BCUT2D eigenvalue weighted by molar-refractivity contribution is 6.17. The number of hydrogen-bond acceptors (Lipinski definition) is 7. The molecule has 0 unspecified atom stereocenters. The lowest BCUT2D eigenvalue weighted by molar-refractivity contribution is -0.122. The van der Waals surface area contributed by atoms with E-state index in [1.165, 1.54) is 13.4 Å². The fraction of sp³-hybridized carbons (Fsp3) is 0.538. The summed E-state index contributed by atoms with van der Waals surface area (Å²) in [4.78, 5) is 40.4. The van der Waals surface area contributed by atoms with Gasteiger partial charge in [0.05, 0.1) is 6.54 Å². The number of aromatic nitrogens is 5. The second-order valence-corrected chi connectivity index (χ2v) is 5.52. The molecule has 0 aliphatic carbocycles. The van der Waals surface area contributed by atoms with Crippen molar-refractivity contribution in [2.24, 2.45) is 5.73 Å². The van der Waals surface area contributed by atoms with E-state index in [1.807, 2.05) is 0 Å². The number of nitrogens with zero attached hydrogens (tertiary/aromatic N) is 5. The lowest BCUT2D eigenvalue weighted by Gasteiger charge is -2.16. The fourth-order valence-corrected chi connectivity index (χ4v) is 2.37. The van der Waals surface area contributed by atoms with Gasteiger partial charge in [0.25, 0.3) is 5.91 Å². The van der Waals surface area contributed by atoms with Gasteiger partial charge in [0.2, 0.25) is 5.91 Å². The maximum Gasteiger partial charge on any atom is 0.353 e. The molecule has 0 aliphatic rings. The number of nitrogens with one attached hydrogen (secondary N) is 2. The Labute approximate surface area is 147 Å². The summed E-state index contributed by atoms with van der Waals surface area (Å²) >= 11 is 5.59. The smallest absolute Gasteiger partial charge is 0.353 e. The Morgan fingerprint density at radius 2 is 2.20 bits per heavy atom. The summed E-state index contributed by atoms with van der Waals surface area (Å²) in [5, 5.41) is 12.6. The minimum absolute atomic E-state index is 0.00260. The van der Waals surface area contributed by atoms with Gasteiger partial charge >= 0.3 is 5.69 Å². The number of carbonyl (C=O) groups is 2. The van der Waals surface area contributed by atoms with E-state index < -0.39 is 17.6 Å². The molecule has 0 spiro atoms. The van der Waals surface area contributed by atoms with Crippen LogP contribution in [0.2, 0.25) is 0 Å². The SMILES string of the molecule is CNC(=O)[C@H](CCCN)NC(=O)c1ncn2c(=O)n(CCCl)nnc12. The van der Waals surface area contributed by atoms with Crippen molar-refractivity contribution in [3.63, 3.8) is 0 Å². The molecular formula is C13H19ClN8O3. The van der Waals surface area contributed by atoms with Crippen LogP contribution in [-0.2, 0) is 11.3 Å². The number of likely N-dealkylation sites (N-methyl/N-ethyl adjacent to an activating group) is 1. The number of imidazole rings is 1. The van der Waals surface area contributed by atoms with Gasteiger partial charge in [-0.25, -0.2) is 14.2 Å². The fourth-order valence-electron chi connectivity index (χ4n) is 2.21. The molecule has 0 saturated carbocycles. The maximum absolute atomic E-state index is 12.4. The van der Waals surface area contributed by atoms with Crippen molar-refractivity contribution in [3.8, 4) is 0 Å². The third-order valence-electron chi connectivity index (χ3n) is 3.49. The molecule has 0 fully saturated rings. The average molecular weight is 371 g/mol. The first-order chi connectivity index (χ1) is 12.0. The topological polar surface area (TPSA) is 149 Å². The Bertz CT molecular complexity index is 817. The van der Waals surface area contributed by atoms with Crippen molar-refractivity contribution in [3.05, 3.63) is 22.5 Å². The van der Waals surface area contributed by atoms with Crippen LogP contribution in [0.3, 0.4) is 0 Å². The van der Waals surface area contributed by atoms with Gasteiger partial charge in [-0.2, -0.15) is 4.68 Å². The van der Waals surface area contributed by atoms with E-state index in [4.69, 9.17) is 17.3 Å². The van der Waals surface area contributed by atoms with Crippen molar-refractivity contribution in [2.45, 2.75) is 25.4 Å². The summed E-state index contributed by atoms with van der Waals surface area (Å²) < 4.78 is 2.17. The lowest BCUT2D eigenvalue weighted by atomic mass is 10.1. The molecule has 4 N–H and O–H groups in total. The highest BCUT2D eigenvalue weighted by Gasteiger charge is 2.24. The Morgan fingerprint density at radius 1 is 1.44 bits per heavy atom. The summed E-state index contributed by atoms with van der Waals surface area (Å²) in [6.07, 6.45) is 2.12. The molecule has 11 nitrogen and oxygen atoms in total. The van der Waals surface area contributed by atoms with Crippen molar-refractivity contribution >= 4 is 29.1 Å². The molecule has 2 amide bonds. The molecule has 25 heavy (non-hydrogen) atoms. The molecule has 2 heterocycles. The van der Waals surface area contributed by atoms with Gasteiger partial charge in [0.15, 0.2) is 11.3 Å². The second kappa shape index (κ2) is 8.53. The van der Waals surface area contributed by atoms with E-state index in [1.54, 1.807) is 0 Å². The monoisotopic (exact) mass is 370 g/mol. The van der Waals surface area contributed by atoms with Crippen molar-refractivity contribution in [2.75, 3.05) is 19.5 Å². The number of halogens is 1. The first kappa shape index (κ1) is 18.8. The lowest BCUT2D eigenvalue weighted by Crippen LogP contribution is -2.46. The predicted molar refractivity (Wildman–Crippen MR) is 89.4 cm³/mol. The Morgan fingerprint density at radius 3 is 2.84 bits per heavy atom. The van der Waals surface area contributed by atoms with Crippen molar-refractivity contribution < 1.29 is 9.59 Å². The number of hydrogen-bond donors (Lipinski definition) is 3. The predicted octanol–water partition coefficient (Wildman–Crippen LogP) is -1.89. The van der Waals surface area contributed by atoms with E-state index >= 15 is 0 Å². The first-order valence-electron chi connectivity index (χ1n) is 7.62. The van der Waals surface area contributed by atoms with Gasteiger partial charge in [0, 0.05) is 12.9 Å². The highest BCUT2D eigenvalue weighted by Crippen LogP contribution is 2.05. The molecule has 2 aromatic rings. The normalized spacial score (nSPS) is 12.1. The van der Waals surface area contributed by atoms with Crippen molar-refractivity contribution in [1.82, 2.24) is 35.0 Å². The Kier molecular flexibility index (Phi) is 6.42. The van der Waals surface area contributed by atoms with Crippen LogP contribution in [-0.4, -0.2) is 61.7 Å². The zero-order chi connectivity index (χ0) is 18.4. The van der Waals surface area contributed by atoms with E-state index in [-0.39, 0.29) is 29.7 Å². The number of alkyl halides is 1. The van der Waals surface area contributed by atoms with Crippen molar-refractivity contribution in [1.29, 1.82) is 0 Å². The van der Waals surface area contributed by atoms with Gasteiger partial charge in [-0.3, -0.25) is 9.59 Å². The molecule has 0 aromatic carbocycles. The Hall–Kier alpha value is -2.53. The van der Waals surface area contributed by atoms with Gasteiger partial charge in [-0.05, 0) is 19.4 Å². The average Bonchev–Trinajstić information content (AvgIpc) is 3.05. The van der Waals surface area contributed by atoms with Crippen LogP contribution in [0.15, 0.2) is 11.1 Å². The van der Waals surface area contributed by atoms with Gasteiger partial charge in [-0.15, -0.1) is 16.7 Å². The number of amides is 2. The summed E-state index contributed by atoms with van der Waals surface area (Å²) in [6, 6.07) is -0.762.